The molecule has 0 unspecified atom stereocenters. The maximum Gasteiger partial charge on any atom is 0.222 e. The Morgan fingerprint density at radius 3 is 2.59 bits per heavy atom. The number of piperazine rings is 1. The van der Waals surface area contributed by atoms with Crippen molar-refractivity contribution >= 4 is 11.7 Å². The first kappa shape index (κ1) is 16.2. The second-order valence-electron chi connectivity index (χ2n) is 5.42. The number of rotatable bonds is 6. The minimum atomic E-state index is 0.199. The molecular formula is C16H22N4O2. The fraction of sp³-hybridized carbons (Fsp3) is 0.562. The van der Waals surface area contributed by atoms with Crippen LogP contribution < -0.4 is 4.90 Å². The van der Waals surface area contributed by atoms with Gasteiger partial charge in [-0.1, -0.05) is 6.42 Å². The second kappa shape index (κ2) is 8.35. The lowest BCUT2D eigenvalue weighted by Crippen LogP contribution is -2.49. The van der Waals surface area contributed by atoms with E-state index >= 15 is 0 Å². The van der Waals surface area contributed by atoms with E-state index in [2.05, 4.69) is 16.0 Å². The van der Waals surface area contributed by atoms with Crippen LogP contribution in [-0.4, -0.2) is 53.7 Å². The third-order valence-corrected chi connectivity index (χ3v) is 3.88. The van der Waals surface area contributed by atoms with E-state index in [0.717, 1.165) is 38.2 Å². The van der Waals surface area contributed by atoms with E-state index in [1.165, 1.54) is 0 Å². The average Bonchev–Trinajstić information content (AvgIpc) is 2.59. The summed E-state index contributed by atoms with van der Waals surface area (Å²) in [5, 5.41) is 17.5. The first-order valence-corrected chi connectivity index (χ1v) is 7.74. The number of pyridine rings is 1. The molecule has 118 valence electrons. The van der Waals surface area contributed by atoms with Crippen molar-refractivity contribution in [3.63, 3.8) is 0 Å². The SMILES string of the molecule is N#Cc1ccc(N2CCN(C(=O)CCCCCO)CC2)nc1. The van der Waals surface area contributed by atoms with Crippen molar-refractivity contribution < 1.29 is 9.90 Å². The van der Waals surface area contributed by atoms with Crippen LogP contribution in [0.2, 0.25) is 0 Å². The molecule has 0 aromatic carbocycles. The van der Waals surface area contributed by atoms with Crippen molar-refractivity contribution in [3.05, 3.63) is 23.9 Å². The molecule has 0 radical (unpaired) electrons. The number of carbonyl (C=O) groups is 1. The number of nitriles is 1. The molecule has 2 heterocycles. The minimum absolute atomic E-state index is 0.199. The number of carbonyl (C=O) groups excluding carboxylic acids is 1. The van der Waals surface area contributed by atoms with E-state index in [4.69, 9.17) is 10.4 Å². The molecule has 0 bridgehead atoms. The normalized spacial score (nSPS) is 14.7. The quantitative estimate of drug-likeness (QED) is 0.797. The molecule has 2 rings (SSSR count). The Labute approximate surface area is 131 Å². The molecule has 0 aliphatic carbocycles. The van der Waals surface area contributed by atoms with Crippen LogP contribution in [0.3, 0.4) is 0 Å². The van der Waals surface area contributed by atoms with E-state index in [-0.39, 0.29) is 12.5 Å². The molecule has 22 heavy (non-hydrogen) atoms. The lowest BCUT2D eigenvalue weighted by Gasteiger charge is -2.35. The van der Waals surface area contributed by atoms with Crippen LogP contribution in [0.5, 0.6) is 0 Å². The fourth-order valence-corrected chi connectivity index (χ4v) is 2.55. The third kappa shape index (κ3) is 4.43. The molecule has 0 saturated carbocycles. The van der Waals surface area contributed by atoms with Crippen molar-refractivity contribution in [2.75, 3.05) is 37.7 Å². The summed E-state index contributed by atoms with van der Waals surface area (Å²) in [6.45, 7) is 3.15. The Bertz CT molecular complexity index is 516. The molecule has 1 N–H and O–H groups in total. The van der Waals surface area contributed by atoms with Crippen molar-refractivity contribution in [2.24, 2.45) is 0 Å². The van der Waals surface area contributed by atoms with Gasteiger partial charge < -0.3 is 14.9 Å². The van der Waals surface area contributed by atoms with E-state index in [0.29, 0.717) is 25.1 Å². The number of aliphatic hydroxyl groups excluding tert-OH is 1. The number of aliphatic hydroxyl groups is 1. The largest absolute Gasteiger partial charge is 0.396 e. The van der Waals surface area contributed by atoms with Gasteiger partial charge in [0.1, 0.15) is 11.9 Å². The second-order valence-corrected chi connectivity index (χ2v) is 5.42. The molecule has 1 fully saturated rings. The first-order chi connectivity index (χ1) is 10.7. The summed E-state index contributed by atoms with van der Waals surface area (Å²) in [6, 6.07) is 5.68. The zero-order valence-electron chi connectivity index (χ0n) is 12.7. The van der Waals surface area contributed by atoms with Gasteiger partial charge in [-0.15, -0.1) is 0 Å². The van der Waals surface area contributed by atoms with Crippen LogP contribution in [0.25, 0.3) is 0 Å². The van der Waals surface area contributed by atoms with Crippen LogP contribution in [-0.2, 0) is 4.79 Å². The van der Waals surface area contributed by atoms with Crippen LogP contribution in [0.4, 0.5) is 5.82 Å². The van der Waals surface area contributed by atoms with Gasteiger partial charge in [0.2, 0.25) is 5.91 Å². The van der Waals surface area contributed by atoms with E-state index in [1.54, 1.807) is 12.3 Å². The van der Waals surface area contributed by atoms with E-state index in [9.17, 15) is 4.79 Å². The smallest absolute Gasteiger partial charge is 0.222 e. The monoisotopic (exact) mass is 302 g/mol. The molecule has 1 amide bonds. The van der Waals surface area contributed by atoms with Gasteiger partial charge in [-0.25, -0.2) is 4.98 Å². The number of amides is 1. The summed E-state index contributed by atoms with van der Waals surface area (Å²) in [4.78, 5) is 20.4. The predicted octanol–water partition coefficient (Wildman–Crippen LogP) is 1.15. The van der Waals surface area contributed by atoms with Gasteiger partial charge in [-0.05, 0) is 25.0 Å². The van der Waals surface area contributed by atoms with Crippen LogP contribution in [0, 0.1) is 11.3 Å². The molecule has 0 spiro atoms. The summed E-state index contributed by atoms with van der Waals surface area (Å²) in [5.74, 6) is 1.06. The van der Waals surface area contributed by atoms with Crippen molar-refractivity contribution in [2.45, 2.75) is 25.7 Å². The highest BCUT2D eigenvalue weighted by Gasteiger charge is 2.21. The number of aromatic nitrogens is 1. The van der Waals surface area contributed by atoms with Crippen molar-refractivity contribution in [1.29, 1.82) is 5.26 Å². The zero-order valence-corrected chi connectivity index (χ0v) is 12.7. The Balaban J connectivity index is 1.77. The van der Waals surface area contributed by atoms with Gasteiger partial charge >= 0.3 is 0 Å². The minimum Gasteiger partial charge on any atom is -0.396 e. The molecule has 1 saturated heterocycles. The standard InChI is InChI=1S/C16H22N4O2/c17-12-14-5-6-15(18-13-14)19-7-9-20(10-8-19)16(22)4-2-1-3-11-21/h5-6,13,21H,1-4,7-11H2. The van der Waals surface area contributed by atoms with Crippen molar-refractivity contribution in [3.8, 4) is 6.07 Å². The summed E-state index contributed by atoms with van der Waals surface area (Å²) in [5.41, 5.74) is 0.556. The molecule has 6 nitrogen and oxygen atoms in total. The summed E-state index contributed by atoms with van der Waals surface area (Å²) in [7, 11) is 0. The van der Waals surface area contributed by atoms with Crippen LogP contribution in [0.15, 0.2) is 18.3 Å². The molecule has 1 aliphatic heterocycles. The molecular weight excluding hydrogens is 280 g/mol. The number of hydrogen-bond donors (Lipinski definition) is 1. The summed E-state index contributed by atoms with van der Waals surface area (Å²) in [6.07, 6.45) is 4.66. The molecule has 6 heteroatoms. The maximum absolute atomic E-state index is 12.1. The number of nitrogens with zero attached hydrogens (tertiary/aromatic N) is 4. The van der Waals surface area contributed by atoms with E-state index in [1.807, 2.05) is 11.0 Å². The topological polar surface area (TPSA) is 80.5 Å². The predicted molar refractivity (Wildman–Crippen MR) is 83.3 cm³/mol. The molecule has 1 aromatic rings. The van der Waals surface area contributed by atoms with Crippen LogP contribution >= 0.6 is 0 Å². The maximum atomic E-state index is 12.1. The number of hydrogen-bond acceptors (Lipinski definition) is 5. The Morgan fingerprint density at radius 2 is 2.00 bits per heavy atom. The van der Waals surface area contributed by atoms with Gasteiger partial charge in [0.15, 0.2) is 0 Å². The average molecular weight is 302 g/mol. The highest BCUT2D eigenvalue weighted by molar-refractivity contribution is 5.76. The Morgan fingerprint density at radius 1 is 1.23 bits per heavy atom. The Hall–Kier alpha value is -2.13. The van der Waals surface area contributed by atoms with Gasteiger partial charge in [0.25, 0.3) is 0 Å². The van der Waals surface area contributed by atoms with E-state index < -0.39 is 0 Å². The highest BCUT2D eigenvalue weighted by Crippen LogP contribution is 2.15. The number of unbranched alkanes of at least 4 members (excludes halogenated alkanes) is 2. The van der Waals surface area contributed by atoms with Gasteiger partial charge in [0.05, 0.1) is 5.56 Å². The summed E-state index contributed by atoms with van der Waals surface area (Å²) < 4.78 is 0. The molecule has 1 aliphatic rings. The highest BCUT2D eigenvalue weighted by atomic mass is 16.2. The lowest BCUT2D eigenvalue weighted by atomic mass is 10.1. The fourth-order valence-electron chi connectivity index (χ4n) is 2.55. The van der Waals surface area contributed by atoms with Crippen molar-refractivity contribution in [1.82, 2.24) is 9.88 Å². The molecule has 1 aromatic heterocycles. The summed E-state index contributed by atoms with van der Waals surface area (Å²) >= 11 is 0. The first-order valence-electron chi connectivity index (χ1n) is 7.74. The third-order valence-electron chi connectivity index (χ3n) is 3.88. The van der Waals surface area contributed by atoms with Gasteiger partial charge in [0, 0.05) is 45.4 Å². The van der Waals surface area contributed by atoms with Gasteiger partial charge in [-0.2, -0.15) is 5.26 Å². The van der Waals surface area contributed by atoms with Gasteiger partial charge in [-0.3, -0.25) is 4.79 Å². The van der Waals surface area contributed by atoms with Crippen LogP contribution in [0.1, 0.15) is 31.2 Å². The number of anilines is 1. The zero-order chi connectivity index (χ0) is 15.8. The Kier molecular flexibility index (Phi) is 6.16. The lowest BCUT2D eigenvalue weighted by molar-refractivity contribution is -0.131. The molecule has 0 atom stereocenters.